The van der Waals surface area contributed by atoms with Gasteiger partial charge in [-0.1, -0.05) is 83.7 Å². The fraction of sp³-hybridized carbons (Fsp3) is 0.524. The van der Waals surface area contributed by atoms with E-state index in [1.165, 1.54) is 36.4 Å². The van der Waals surface area contributed by atoms with E-state index in [1.54, 1.807) is 9.84 Å². The SMILES string of the molecule is C[C]1C(C)=C(C)C(C)=C1C.C[Si](C)(C)c1cccc([Si](C)(C)C)p1.F[B-](F)(F)F.[Ru+]. The standard InChI is InChI=1S/C11H21PSi2.C10H15.BF4.Ru/c1-13(2,3)10-8-7-9-11(12-10)14(4,5)6;1-6-7(2)9(4)10(5)8(6)3;2-1(3,4)5;/h7-9H,1-6H3;1-5H3;;/q;;-1;+1. The van der Waals surface area contributed by atoms with Crippen molar-refractivity contribution in [3.8, 4) is 0 Å². The van der Waals surface area contributed by atoms with Gasteiger partial charge in [-0.2, -0.15) is 0 Å². The van der Waals surface area contributed by atoms with Crippen LogP contribution in [0.4, 0.5) is 17.3 Å². The fourth-order valence-electron chi connectivity index (χ4n) is 2.68. The Balaban J connectivity index is 0. The summed E-state index contributed by atoms with van der Waals surface area (Å²) in [5.74, 6) is 1.47. The molecule has 0 spiro atoms. The van der Waals surface area contributed by atoms with Gasteiger partial charge < -0.3 is 17.3 Å². The van der Waals surface area contributed by atoms with Crippen LogP contribution in [0.15, 0.2) is 40.5 Å². The minimum atomic E-state index is -6.00. The van der Waals surface area contributed by atoms with Gasteiger partial charge in [0.1, 0.15) is 0 Å². The Bertz CT molecular complexity index is 704. The number of hydrogen-bond acceptors (Lipinski definition) is 0. The molecule has 0 nitrogen and oxygen atoms in total. The average molecular weight is 564 g/mol. The Labute approximate surface area is 198 Å². The van der Waals surface area contributed by atoms with Crippen molar-refractivity contribution in [2.45, 2.75) is 73.9 Å². The molecule has 1 heterocycles. The molecule has 1 aromatic rings. The van der Waals surface area contributed by atoms with Crippen molar-refractivity contribution in [2.75, 3.05) is 0 Å². The molecule has 30 heavy (non-hydrogen) atoms. The molecule has 0 fully saturated rings. The summed E-state index contributed by atoms with van der Waals surface area (Å²) in [6, 6.07) is 6.95. The van der Waals surface area contributed by atoms with Crippen LogP contribution < -0.4 is 9.84 Å². The predicted molar refractivity (Wildman–Crippen MR) is 131 cm³/mol. The van der Waals surface area contributed by atoms with Gasteiger partial charge in [0.05, 0.1) is 16.1 Å². The van der Waals surface area contributed by atoms with Crippen LogP contribution in [0.1, 0.15) is 34.6 Å². The Hall–Kier alpha value is -0.0279. The molecule has 0 bridgehead atoms. The molecule has 0 aliphatic heterocycles. The summed E-state index contributed by atoms with van der Waals surface area (Å²) < 4.78 is 39.0. The fourth-order valence-corrected chi connectivity index (χ4v) is 8.19. The molecule has 1 aliphatic carbocycles. The molecule has 2 rings (SSSR count). The predicted octanol–water partition coefficient (Wildman–Crippen LogP) is 7.92. The van der Waals surface area contributed by atoms with Crippen LogP contribution in [0.25, 0.3) is 0 Å². The summed E-state index contributed by atoms with van der Waals surface area (Å²) in [4.78, 5) is 3.38. The third kappa shape index (κ3) is 11.6. The van der Waals surface area contributed by atoms with E-state index >= 15 is 0 Å². The summed E-state index contributed by atoms with van der Waals surface area (Å²) in [7, 11) is -6.63. The van der Waals surface area contributed by atoms with E-state index < -0.39 is 23.4 Å². The van der Waals surface area contributed by atoms with Crippen LogP contribution in [-0.2, 0) is 19.5 Å². The minimum absolute atomic E-state index is 0. The summed E-state index contributed by atoms with van der Waals surface area (Å²) in [6.07, 6.45) is 0. The summed E-state index contributed by atoms with van der Waals surface area (Å²) in [6.45, 7) is 25.6. The minimum Gasteiger partial charge on any atom is -0.418 e. The number of allylic oxidation sites excluding steroid dienone is 4. The van der Waals surface area contributed by atoms with Gasteiger partial charge in [0, 0.05) is 5.92 Å². The second-order valence-corrected chi connectivity index (χ2v) is 21.6. The zero-order valence-electron chi connectivity index (χ0n) is 20.1. The average Bonchev–Trinajstić information content (AvgIpc) is 2.70. The Morgan fingerprint density at radius 2 is 0.900 bits per heavy atom. The van der Waals surface area contributed by atoms with Crippen molar-refractivity contribution < 1.29 is 36.7 Å². The quantitative estimate of drug-likeness (QED) is 0.253. The second-order valence-electron chi connectivity index (χ2n) is 9.53. The maximum absolute atomic E-state index is 9.75. The molecule has 172 valence electrons. The molecule has 2 radical (unpaired) electrons. The second kappa shape index (κ2) is 12.3. The largest absolute Gasteiger partial charge is 1.00 e. The molecule has 0 amide bonds. The van der Waals surface area contributed by atoms with Crippen LogP contribution in [0.3, 0.4) is 0 Å². The van der Waals surface area contributed by atoms with Crippen LogP contribution in [0, 0.1) is 5.92 Å². The number of hydrogen-bond donors (Lipinski definition) is 0. The first-order chi connectivity index (χ1) is 12.8. The maximum Gasteiger partial charge on any atom is 1.00 e. The molecule has 0 atom stereocenters. The van der Waals surface area contributed by atoms with E-state index in [9.17, 15) is 17.3 Å². The molecule has 0 N–H and O–H groups in total. The third-order valence-corrected chi connectivity index (χ3v) is 14.0. The zero-order chi connectivity index (χ0) is 23.4. The molecule has 9 heteroatoms. The van der Waals surface area contributed by atoms with Gasteiger partial charge in [0.15, 0.2) is 0 Å². The zero-order valence-corrected chi connectivity index (χ0v) is 24.8. The Kier molecular flexibility index (Phi) is 13.2. The first-order valence-electron chi connectivity index (χ1n) is 9.81. The van der Waals surface area contributed by atoms with Crippen molar-refractivity contribution >= 4 is 41.4 Å². The van der Waals surface area contributed by atoms with Crippen LogP contribution in [0.5, 0.6) is 0 Å². The van der Waals surface area contributed by atoms with E-state index in [4.69, 9.17) is 0 Å². The molecular formula is C21H36BF4PRuSi2. The summed E-state index contributed by atoms with van der Waals surface area (Å²) in [5.41, 5.74) is 5.87. The van der Waals surface area contributed by atoms with Gasteiger partial charge >= 0.3 is 26.7 Å². The molecule has 1 aromatic heterocycles. The summed E-state index contributed by atoms with van der Waals surface area (Å²) in [5, 5.41) is 0. The Morgan fingerprint density at radius 3 is 1.07 bits per heavy atom. The van der Waals surface area contributed by atoms with Gasteiger partial charge in [-0.3, -0.25) is 0 Å². The van der Waals surface area contributed by atoms with Crippen LogP contribution in [0.2, 0.25) is 39.3 Å². The molecule has 0 unspecified atom stereocenters. The van der Waals surface area contributed by atoms with Crippen LogP contribution in [-0.4, -0.2) is 23.4 Å². The van der Waals surface area contributed by atoms with Crippen molar-refractivity contribution in [2.24, 2.45) is 0 Å². The van der Waals surface area contributed by atoms with E-state index in [0.717, 1.165) is 0 Å². The summed E-state index contributed by atoms with van der Waals surface area (Å²) >= 11 is 0. The van der Waals surface area contributed by atoms with Crippen LogP contribution >= 0.6 is 8.19 Å². The van der Waals surface area contributed by atoms with E-state index in [2.05, 4.69) is 92.1 Å². The van der Waals surface area contributed by atoms with Gasteiger partial charge in [-0.15, -0.1) is 0 Å². The number of rotatable bonds is 2. The first kappa shape index (κ1) is 32.2. The van der Waals surface area contributed by atoms with Crippen molar-refractivity contribution in [3.63, 3.8) is 0 Å². The normalized spacial score (nSPS) is 15.2. The van der Waals surface area contributed by atoms with Crippen molar-refractivity contribution in [1.82, 2.24) is 0 Å². The monoisotopic (exact) mass is 564 g/mol. The molecule has 0 aromatic carbocycles. The van der Waals surface area contributed by atoms with E-state index in [1.807, 2.05) is 0 Å². The molecule has 0 saturated carbocycles. The molecule has 1 aliphatic rings. The van der Waals surface area contributed by atoms with E-state index in [0.29, 0.717) is 0 Å². The third-order valence-electron chi connectivity index (χ3n) is 5.10. The smallest absolute Gasteiger partial charge is 0.418 e. The number of halogens is 4. The van der Waals surface area contributed by atoms with Gasteiger partial charge in [-0.05, 0) is 48.7 Å². The van der Waals surface area contributed by atoms with Gasteiger partial charge in [0.25, 0.3) is 0 Å². The Morgan fingerprint density at radius 1 is 0.633 bits per heavy atom. The molecular weight excluding hydrogens is 527 g/mol. The van der Waals surface area contributed by atoms with Crippen molar-refractivity contribution in [1.29, 1.82) is 0 Å². The van der Waals surface area contributed by atoms with Gasteiger partial charge in [0.2, 0.25) is 0 Å². The molecule has 0 saturated heterocycles. The topological polar surface area (TPSA) is 0 Å². The van der Waals surface area contributed by atoms with Gasteiger partial charge in [-0.25, -0.2) is 0 Å². The first-order valence-corrected chi connectivity index (χ1v) is 17.7. The van der Waals surface area contributed by atoms with E-state index in [-0.39, 0.29) is 19.5 Å². The maximum atomic E-state index is 9.75. The van der Waals surface area contributed by atoms with Crippen molar-refractivity contribution in [3.05, 3.63) is 46.4 Å².